The number of aryl methyl sites for hydroxylation is 1. The van der Waals surface area contributed by atoms with E-state index in [0.717, 1.165) is 5.56 Å². The van der Waals surface area contributed by atoms with Crippen LogP contribution < -0.4 is 10.6 Å². The normalized spacial score (nSPS) is 9.64. The highest BCUT2D eigenvalue weighted by Crippen LogP contribution is 2.09. The first-order valence-corrected chi connectivity index (χ1v) is 6.80. The van der Waals surface area contributed by atoms with Gasteiger partial charge < -0.3 is 10.6 Å². The standard InChI is InChI=1S/C18H16N2O2/c1-3-14-8-6-9-15(11-14)20-17(21)12-19-18(22)16-10-5-4-7-13(16)2/h1,4-11H,12H2,2H3,(H,19,22)(H,20,21). The summed E-state index contributed by atoms with van der Waals surface area (Å²) in [6.45, 7) is 1.74. The number of amides is 2. The van der Waals surface area contributed by atoms with E-state index in [4.69, 9.17) is 6.42 Å². The highest BCUT2D eigenvalue weighted by molar-refractivity contribution is 6.00. The third kappa shape index (κ3) is 3.97. The molecule has 0 bridgehead atoms. The topological polar surface area (TPSA) is 58.2 Å². The lowest BCUT2D eigenvalue weighted by Gasteiger charge is -2.08. The molecule has 0 saturated carbocycles. The van der Waals surface area contributed by atoms with Crippen molar-refractivity contribution in [2.75, 3.05) is 11.9 Å². The van der Waals surface area contributed by atoms with Crippen LogP contribution in [-0.2, 0) is 4.79 Å². The predicted molar refractivity (Wildman–Crippen MR) is 86.5 cm³/mol. The average Bonchev–Trinajstić information content (AvgIpc) is 2.53. The van der Waals surface area contributed by atoms with Gasteiger partial charge in [-0.1, -0.05) is 30.2 Å². The van der Waals surface area contributed by atoms with Crippen LogP contribution >= 0.6 is 0 Å². The van der Waals surface area contributed by atoms with Crippen LogP contribution in [0.15, 0.2) is 48.5 Å². The first-order valence-electron chi connectivity index (χ1n) is 6.80. The van der Waals surface area contributed by atoms with Gasteiger partial charge in [0.05, 0.1) is 6.54 Å². The maximum absolute atomic E-state index is 12.0. The van der Waals surface area contributed by atoms with Crippen LogP contribution in [0.2, 0.25) is 0 Å². The summed E-state index contributed by atoms with van der Waals surface area (Å²) in [5, 5.41) is 5.29. The number of carbonyl (C=O) groups is 2. The molecule has 0 heterocycles. The molecule has 0 radical (unpaired) electrons. The van der Waals surface area contributed by atoms with Gasteiger partial charge in [0, 0.05) is 16.8 Å². The monoisotopic (exact) mass is 292 g/mol. The van der Waals surface area contributed by atoms with Gasteiger partial charge in [0.1, 0.15) is 0 Å². The summed E-state index contributed by atoms with van der Waals surface area (Å²) < 4.78 is 0. The summed E-state index contributed by atoms with van der Waals surface area (Å²) >= 11 is 0. The molecule has 2 amide bonds. The van der Waals surface area contributed by atoms with Crippen molar-refractivity contribution in [1.29, 1.82) is 0 Å². The Bertz CT molecular complexity index is 745. The van der Waals surface area contributed by atoms with E-state index in [1.54, 1.807) is 36.4 Å². The molecule has 0 aliphatic heterocycles. The Hall–Kier alpha value is -3.06. The van der Waals surface area contributed by atoms with Gasteiger partial charge in [-0.15, -0.1) is 6.42 Å². The van der Waals surface area contributed by atoms with Crippen LogP contribution in [-0.4, -0.2) is 18.4 Å². The van der Waals surface area contributed by atoms with Crippen LogP contribution in [0.3, 0.4) is 0 Å². The molecule has 0 atom stereocenters. The number of anilines is 1. The number of benzene rings is 2. The van der Waals surface area contributed by atoms with E-state index in [0.29, 0.717) is 16.8 Å². The summed E-state index contributed by atoms with van der Waals surface area (Å²) in [6, 6.07) is 14.2. The smallest absolute Gasteiger partial charge is 0.251 e. The van der Waals surface area contributed by atoms with Gasteiger partial charge in [-0.3, -0.25) is 9.59 Å². The van der Waals surface area contributed by atoms with Crippen molar-refractivity contribution in [3.05, 3.63) is 65.2 Å². The van der Waals surface area contributed by atoms with Crippen molar-refractivity contribution in [1.82, 2.24) is 5.32 Å². The highest BCUT2D eigenvalue weighted by atomic mass is 16.2. The Balaban J connectivity index is 1.92. The summed E-state index contributed by atoms with van der Waals surface area (Å²) in [6.07, 6.45) is 5.31. The molecule has 0 spiro atoms. The number of hydrogen-bond donors (Lipinski definition) is 2. The second kappa shape index (κ2) is 7.09. The Labute approximate surface area is 129 Å². The van der Waals surface area contributed by atoms with E-state index in [9.17, 15) is 9.59 Å². The van der Waals surface area contributed by atoms with Crippen LogP contribution in [0.25, 0.3) is 0 Å². The maximum atomic E-state index is 12.0. The van der Waals surface area contributed by atoms with Gasteiger partial charge >= 0.3 is 0 Å². The number of terminal acetylenes is 1. The predicted octanol–water partition coefficient (Wildman–Crippen LogP) is 2.34. The van der Waals surface area contributed by atoms with Gasteiger partial charge in [-0.2, -0.15) is 0 Å². The number of nitrogens with one attached hydrogen (secondary N) is 2. The summed E-state index contributed by atoms with van der Waals surface area (Å²) in [5.74, 6) is 1.92. The zero-order valence-corrected chi connectivity index (χ0v) is 12.2. The van der Waals surface area contributed by atoms with E-state index >= 15 is 0 Å². The molecule has 110 valence electrons. The molecule has 2 aromatic carbocycles. The summed E-state index contributed by atoms with van der Waals surface area (Å²) in [4.78, 5) is 23.9. The minimum Gasteiger partial charge on any atom is -0.343 e. The Morgan fingerprint density at radius 1 is 1.14 bits per heavy atom. The van der Waals surface area contributed by atoms with Crippen molar-refractivity contribution in [3.63, 3.8) is 0 Å². The van der Waals surface area contributed by atoms with Crippen LogP contribution in [0.5, 0.6) is 0 Å². The molecule has 22 heavy (non-hydrogen) atoms. The van der Waals surface area contributed by atoms with E-state index in [2.05, 4.69) is 16.6 Å². The van der Waals surface area contributed by atoms with E-state index in [1.807, 2.05) is 19.1 Å². The first-order chi connectivity index (χ1) is 10.6. The second-order valence-electron chi connectivity index (χ2n) is 4.77. The highest BCUT2D eigenvalue weighted by Gasteiger charge is 2.10. The van der Waals surface area contributed by atoms with Crippen molar-refractivity contribution in [3.8, 4) is 12.3 Å². The maximum Gasteiger partial charge on any atom is 0.251 e. The minimum absolute atomic E-state index is 0.104. The average molecular weight is 292 g/mol. The molecular formula is C18H16N2O2. The number of hydrogen-bond acceptors (Lipinski definition) is 2. The Kier molecular flexibility index (Phi) is 4.94. The Morgan fingerprint density at radius 2 is 1.91 bits per heavy atom. The van der Waals surface area contributed by atoms with Crippen molar-refractivity contribution >= 4 is 17.5 Å². The Morgan fingerprint density at radius 3 is 2.64 bits per heavy atom. The molecule has 0 aliphatic rings. The fraction of sp³-hybridized carbons (Fsp3) is 0.111. The van der Waals surface area contributed by atoms with Gasteiger partial charge in [0.15, 0.2) is 0 Å². The lowest BCUT2D eigenvalue weighted by molar-refractivity contribution is -0.115. The quantitative estimate of drug-likeness (QED) is 0.850. The molecule has 0 aliphatic carbocycles. The molecule has 2 N–H and O–H groups in total. The molecule has 4 nitrogen and oxygen atoms in total. The second-order valence-corrected chi connectivity index (χ2v) is 4.77. The lowest BCUT2D eigenvalue weighted by Crippen LogP contribution is -2.33. The molecule has 0 aromatic heterocycles. The van der Waals surface area contributed by atoms with Gasteiger partial charge in [-0.25, -0.2) is 0 Å². The first kappa shape index (κ1) is 15.3. The zero-order valence-electron chi connectivity index (χ0n) is 12.2. The van der Waals surface area contributed by atoms with Gasteiger partial charge in [-0.05, 0) is 36.8 Å². The van der Waals surface area contributed by atoms with E-state index in [1.165, 1.54) is 0 Å². The SMILES string of the molecule is C#Cc1cccc(NC(=O)CNC(=O)c2ccccc2C)c1. The largest absolute Gasteiger partial charge is 0.343 e. The van der Waals surface area contributed by atoms with E-state index < -0.39 is 0 Å². The molecule has 0 unspecified atom stereocenters. The lowest BCUT2D eigenvalue weighted by atomic mass is 10.1. The minimum atomic E-state index is -0.309. The molecular weight excluding hydrogens is 276 g/mol. The van der Waals surface area contributed by atoms with Gasteiger partial charge in [0.2, 0.25) is 5.91 Å². The molecule has 4 heteroatoms. The third-order valence-electron chi connectivity index (χ3n) is 3.11. The van der Waals surface area contributed by atoms with Crippen molar-refractivity contribution < 1.29 is 9.59 Å². The third-order valence-corrected chi connectivity index (χ3v) is 3.11. The van der Waals surface area contributed by atoms with Crippen molar-refractivity contribution in [2.24, 2.45) is 0 Å². The fourth-order valence-electron chi connectivity index (χ4n) is 1.98. The number of carbonyl (C=O) groups excluding carboxylic acids is 2. The molecule has 2 aromatic rings. The fourth-order valence-corrected chi connectivity index (χ4v) is 1.98. The number of rotatable bonds is 4. The zero-order chi connectivity index (χ0) is 15.9. The molecule has 2 rings (SSSR count). The van der Waals surface area contributed by atoms with Crippen molar-refractivity contribution in [2.45, 2.75) is 6.92 Å². The van der Waals surface area contributed by atoms with Gasteiger partial charge in [0.25, 0.3) is 5.91 Å². The summed E-state index contributed by atoms with van der Waals surface area (Å²) in [7, 11) is 0. The summed E-state index contributed by atoms with van der Waals surface area (Å²) in [5.41, 5.74) is 2.71. The molecule has 0 fully saturated rings. The molecule has 0 saturated heterocycles. The van der Waals surface area contributed by atoms with Crippen LogP contribution in [0.4, 0.5) is 5.69 Å². The van der Waals surface area contributed by atoms with Crippen LogP contribution in [0, 0.1) is 19.3 Å². The van der Waals surface area contributed by atoms with Crippen LogP contribution in [0.1, 0.15) is 21.5 Å². The van der Waals surface area contributed by atoms with E-state index in [-0.39, 0.29) is 18.4 Å².